The fourth-order valence-electron chi connectivity index (χ4n) is 1.44. The second-order valence-corrected chi connectivity index (χ2v) is 5.63. The Morgan fingerprint density at radius 2 is 1.83 bits per heavy atom. The number of aromatic nitrogens is 2. The van der Waals surface area contributed by atoms with Crippen LogP contribution in [0, 0.1) is 6.92 Å². The number of aromatic amines is 1. The Hall–Kier alpha value is -2.15. The van der Waals surface area contributed by atoms with Crippen molar-refractivity contribution < 1.29 is 8.42 Å². The molecule has 0 saturated carbocycles. The number of benzene rings is 1. The summed E-state index contributed by atoms with van der Waals surface area (Å²) in [6, 6.07) is 6.91. The summed E-state index contributed by atoms with van der Waals surface area (Å²) in [5.74, 6) is 0. The molecule has 0 unspecified atom stereocenters. The van der Waals surface area contributed by atoms with Crippen molar-refractivity contribution >= 4 is 15.5 Å². The van der Waals surface area contributed by atoms with Crippen molar-refractivity contribution in [2.45, 2.75) is 17.0 Å². The van der Waals surface area contributed by atoms with Crippen LogP contribution in [0.2, 0.25) is 0 Å². The molecule has 0 aliphatic heterocycles. The zero-order valence-electron chi connectivity index (χ0n) is 9.54. The third-order valence-corrected chi connectivity index (χ3v) is 3.89. The van der Waals surface area contributed by atoms with Crippen molar-refractivity contribution in [1.82, 2.24) is 9.97 Å². The Kier molecular flexibility index (Phi) is 2.92. The highest BCUT2D eigenvalue weighted by atomic mass is 32.2. The van der Waals surface area contributed by atoms with Crippen LogP contribution in [-0.4, -0.2) is 18.4 Å². The molecule has 1 aromatic heterocycles. The van der Waals surface area contributed by atoms with E-state index in [0.717, 1.165) is 0 Å². The maximum atomic E-state index is 12.2. The molecule has 2 rings (SSSR count). The van der Waals surface area contributed by atoms with Crippen LogP contribution >= 0.6 is 0 Å². The summed E-state index contributed by atoms with van der Waals surface area (Å²) < 4.78 is 24.4. The van der Waals surface area contributed by atoms with Gasteiger partial charge in [0, 0.05) is 17.4 Å². The van der Waals surface area contributed by atoms with Crippen LogP contribution in [-0.2, 0) is 9.84 Å². The molecule has 94 valence electrons. The molecule has 0 amide bonds. The first-order valence-corrected chi connectivity index (χ1v) is 6.56. The summed E-state index contributed by atoms with van der Waals surface area (Å²) in [6.07, 6.45) is 0. The third kappa shape index (κ3) is 2.25. The van der Waals surface area contributed by atoms with Gasteiger partial charge in [-0.1, -0.05) is 0 Å². The van der Waals surface area contributed by atoms with Gasteiger partial charge in [-0.15, -0.1) is 0 Å². The number of H-pyrrole nitrogens is 1. The molecule has 2 aromatic rings. The highest BCUT2D eigenvalue weighted by Gasteiger charge is 2.20. The number of rotatable bonds is 2. The summed E-state index contributed by atoms with van der Waals surface area (Å²) >= 11 is 0. The summed E-state index contributed by atoms with van der Waals surface area (Å²) in [5.41, 5.74) is 5.78. The quantitative estimate of drug-likeness (QED) is 0.607. The van der Waals surface area contributed by atoms with Crippen molar-refractivity contribution in [2.24, 2.45) is 0 Å². The standard InChI is InChI=1S/C11H11N3O3S/c1-7-6-10(15)14-11(13-7)18(16,17)9-4-2-8(12)3-5-9/h2-6H,12H2,1H3,(H,13,14,15). The number of hydrogen-bond acceptors (Lipinski definition) is 5. The zero-order valence-corrected chi connectivity index (χ0v) is 10.4. The van der Waals surface area contributed by atoms with Crippen molar-refractivity contribution in [3.05, 3.63) is 46.4 Å². The molecule has 0 radical (unpaired) electrons. The minimum absolute atomic E-state index is 0.0328. The van der Waals surface area contributed by atoms with Crippen LogP contribution in [0.3, 0.4) is 0 Å². The first kappa shape index (κ1) is 12.3. The topological polar surface area (TPSA) is 106 Å². The van der Waals surface area contributed by atoms with Gasteiger partial charge in [-0.25, -0.2) is 13.4 Å². The van der Waals surface area contributed by atoms with Crippen LogP contribution in [0.1, 0.15) is 5.69 Å². The summed E-state index contributed by atoms with van der Waals surface area (Å²) in [7, 11) is -3.82. The number of hydrogen-bond donors (Lipinski definition) is 2. The molecule has 0 bridgehead atoms. The Balaban J connectivity index is 2.61. The lowest BCUT2D eigenvalue weighted by Gasteiger charge is -2.04. The fourth-order valence-corrected chi connectivity index (χ4v) is 2.65. The second-order valence-electron chi connectivity index (χ2n) is 3.76. The molecule has 0 saturated heterocycles. The number of nitrogens with zero attached hydrogens (tertiary/aromatic N) is 1. The van der Waals surface area contributed by atoms with E-state index in [-0.39, 0.29) is 10.1 Å². The van der Waals surface area contributed by atoms with E-state index in [2.05, 4.69) is 9.97 Å². The van der Waals surface area contributed by atoms with Crippen LogP contribution < -0.4 is 11.3 Å². The van der Waals surface area contributed by atoms with E-state index < -0.39 is 15.4 Å². The lowest BCUT2D eigenvalue weighted by atomic mass is 10.3. The molecular formula is C11H11N3O3S. The number of aryl methyl sites for hydroxylation is 1. The van der Waals surface area contributed by atoms with E-state index in [1.165, 1.54) is 30.3 Å². The second kappa shape index (κ2) is 4.26. The van der Waals surface area contributed by atoms with Crippen LogP contribution in [0.15, 0.2) is 45.2 Å². The molecule has 3 N–H and O–H groups in total. The van der Waals surface area contributed by atoms with E-state index in [0.29, 0.717) is 11.4 Å². The minimum Gasteiger partial charge on any atom is -0.399 e. The lowest BCUT2D eigenvalue weighted by molar-refractivity contribution is 0.585. The molecule has 1 heterocycles. The monoisotopic (exact) mass is 265 g/mol. The highest BCUT2D eigenvalue weighted by molar-refractivity contribution is 7.91. The molecule has 0 aliphatic carbocycles. The van der Waals surface area contributed by atoms with Gasteiger partial charge in [0.2, 0.25) is 15.0 Å². The van der Waals surface area contributed by atoms with Gasteiger partial charge in [0.15, 0.2) is 0 Å². The zero-order chi connectivity index (χ0) is 13.3. The molecular weight excluding hydrogens is 254 g/mol. The maximum Gasteiger partial charge on any atom is 0.251 e. The number of nitrogens with one attached hydrogen (secondary N) is 1. The highest BCUT2D eigenvalue weighted by Crippen LogP contribution is 2.17. The molecule has 7 heteroatoms. The number of sulfone groups is 1. The van der Waals surface area contributed by atoms with E-state index in [4.69, 9.17) is 5.73 Å². The summed E-state index contributed by atoms with van der Waals surface area (Å²) in [5, 5.41) is -0.364. The van der Waals surface area contributed by atoms with Crippen molar-refractivity contribution in [1.29, 1.82) is 0 Å². The largest absolute Gasteiger partial charge is 0.399 e. The average molecular weight is 265 g/mol. The van der Waals surface area contributed by atoms with E-state index in [9.17, 15) is 13.2 Å². The molecule has 1 aromatic carbocycles. The summed E-state index contributed by atoms with van der Waals surface area (Å²) in [6.45, 7) is 1.55. The molecule has 6 nitrogen and oxygen atoms in total. The molecule has 0 atom stereocenters. The van der Waals surface area contributed by atoms with Gasteiger partial charge in [-0.05, 0) is 31.2 Å². The van der Waals surface area contributed by atoms with Crippen molar-refractivity contribution in [2.75, 3.05) is 5.73 Å². The van der Waals surface area contributed by atoms with Gasteiger partial charge in [0.1, 0.15) is 0 Å². The predicted molar refractivity (Wildman–Crippen MR) is 65.9 cm³/mol. The molecule has 0 spiro atoms. The Bertz CT molecular complexity index is 733. The minimum atomic E-state index is -3.82. The van der Waals surface area contributed by atoms with E-state index in [1.807, 2.05) is 0 Å². The van der Waals surface area contributed by atoms with E-state index >= 15 is 0 Å². The van der Waals surface area contributed by atoms with Gasteiger partial charge in [0.05, 0.1) is 4.90 Å². The smallest absolute Gasteiger partial charge is 0.251 e. The van der Waals surface area contributed by atoms with Crippen LogP contribution in [0.25, 0.3) is 0 Å². The number of nitrogen functional groups attached to an aromatic ring is 1. The molecule has 18 heavy (non-hydrogen) atoms. The van der Waals surface area contributed by atoms with Crippen LogP contribution in [0.5, 0.6) is 0 Å². The van der Waals surface area contributed by atoms with Gasteiger partial charge >= 0.3 is 0 Å². The predicted octanol–water partition coefficient (Wildman–Crippen LogP) is 0.493. The normalized spacial score (nSPS) is 11.4. The van der Waals surface area contributed by atoms with E-state index in [1.54, 1.807) is 6.92 Å². The third-order valence-electron chi connectivity index (χ3n) is 2.29. The molecule has 0 aliphatic rings. The maximum absolute atomic E-state index is 12.2. The number of anilines is 1. The van der Waals surface area contributed by atoms with Crippen LogP contribution in [0.4, 0.5) is 5.69 Å². The van der Waals surface area contributed by atoms with Gasteiger partial charge in [0.25, 0.3) is 5.56 Å². The molecule has 0 fully saturated rings. The van der Waals surface area contributed by atoms with Crippen molar-refractivity contribution in [3.63, 3.8) is 0 Å². The Morgan fingerprint density at radius 1 is 1.22 bits per heavy atom. The SMILES string of the molecule is Cc1cc(=O)[nH]c(S(=O)(=O)c2ccc(N)cc2)n1. The first-order valence-electron chi connectivity index (χ1n) is 5.08. The number of nitrogens with two attached hydrogens (primary N) is 1. The van der Waals surface area contributed by atoms with Gasteiger partial charge < -0.3 is 5.73 Å². The Labute approximate surface area is 103 Å². The summed E-state index contributed by atoms with van der Waals surface area (Å²) in [4.78, 5) is 17.3. The van der Waals surface area contributed by atoms with Crippen molar-refractivity contribution in [3.8, 4) is 0 Å². The first-order chi connectivity index (χ1) is 8.39. The average Bonchev–Trinajstić information content (AvgIpc) is 2.28. The van der Waals surface area contributed by atoms with Gasteiger partial charge in [-0.3, -0.25) is 9.78 Å². The fraction of sp³-hybridized carbons (Fsp3) is 0.0909. The lowest BCUT2D eigenvalue weighted by Crippen LogP contribution is -2.16. The Morgan fingerprint density at radius 3 is 2.39 bits per heavy atom. The van der Waals surface area contributed by atoms with Gasteiger partial charge in [-0.2, -0.15) is 0 Å².